The molecule has 0 spiro atoms. The van der Waals surface area contributed by atoms with E-state index in [0.29, 0.717) is 12.2 Å². The lowest BCUT2D eigenvalue weighted by Crippen LogP contribution is -2.27. The first-order valence-corrected chi connectivity index (χ1v) is 6.29. The molecule has 1 heterocycles. The first kappa shape index (κ1) is 14.0. The highest BCUT2D eigenvalue weighted by molar-refractivity contribution is 5.58. The highest BCUT2D eigenvalue weighted by Gasteiger charge is 2.33. The summed E-state index contributed by atoms with van der Waals surface area (Å²) in [6.45, 7) is 1.24. The standard InChI is InChI=1S/C13H17F3N2O/c14-13(15,16)11-7-9(4-5-12(11)17)18-8-10-3-1-2-6-19-10/h4-5,7,10,18H,1-3,6,8,17H2. The molecule has 6 heteroatoms. The maximum absolute atomic E-state index is 12.7. The first-order chi connectivity index (χ1) is 8.97. The zero-order chi connectivity index (χ0) is 13.9. The first-order valence-electron chi connectivity index (χ1n) is 6.29. The Balaban J connectivity index is 2.00. The number of anilines is 2. The van der Waals surface area contributed by atoms with E-state index in [0.717, 1.165) is 31.9 Å². The lowest BCUT2D eigenvalue weighted by atomic mass is 10.1. The summed E-state index contributed by atoms with van der Waals surface area (Å²) < 4.78 is 43.6. The predicted molar refractivity (Wildman–Crippen MR) is 67.9 cm³/mol. The summed E-state index contributed by atoms with van der Waals surface area (Å²) in [5, 5.41) is 2.97. The maximum atomic E-state index is 12.7. The number of nitrogens with two attached hydrogens (primary N) is 1. The van der Waals surface area contributed by atoms with E-state index in [9.17, 15) is 13.2 Å². The van der Waals surface area contributed by atoms with E-state index in [-0.39, 0.29) is 11.8 Å². The summed E-state index contributed by atoms with van der Waals surface area (Å²) >= 11 is 0. The normalized spacial score (nSPS) is 20.3. The van der Waals surface area contributed by atoms with Gasteiger partial charge in [0, 0.05) is 24.5 Å². The fourth-order valence-corrected chi connectivity index (χ4v) is 2.11. The molecule has 3 N–H and O–H groups in total. The topological polar surface area (TPSA) is 47.3 Å². The lowest BCUT2D eigenvalue weighted by Gasteiger charge is -2.23. The fraction of sp³-hybridized carbons (Fsp3) is 0.538. The van der Waals surface area contributed by atoms with E-state index in [1.807, 2.05) is 0 Å². The van der Waals surface area contributed by atoms with Crippen molar-refractivity contribution >= 4 is 11.4 Å². The summed E-state index contributed by atoms with van der Waals surface area (Å²) in [6, 6.07) is 3.86. The molecule has 1 unspecified atom stereocenters. The number of rotatable bonds is 3. The molecule has 1 atom stereocenters. The van der Waals surface area contributed by atoms with Gasteiger partial charge in [-0.15, -0.1) is 0 Å². The van der Waals surface area contributed by atoms with Gasteiger partial charge in [0.1, 0.15) is 0 Å². The third-order valence-corrected chi connectivity index (χ3v) is 3.17. The van der Waals surface area contributed by atoms with Gasteiger partial charge in [-0.3, -0.25) is 0 Å². The van der Waals surface area contributed by atoms with Crippen LogP contribution in [-0.2, 0) is 10.9 Å². The van der Waals surface area contributed by atoms with E-state index >= 15 is 0 Å². The summed E-state index contributed by atoms with van der Waals surface area (Å²) in [6.07, 6.45) is -1.27. The molecule has 1 fully saturated rings. The Morgan fingerprint density at radius 2 is 2.11 bits per heavy atom. The monoisotopic (exact) mass is 274 g/mol. The molecule has 1 aromatic carbocycles. The van der Waals surface area contributed by atoms with Crippen LogP contribution in [0, 0.1) is 0 Å². The van der Waals surface area contributed by atoms with E-state index in [4.69, 9.17) is 10.5 Å². The van der Waals surface area contributed by atoms with Gasteiger partial charge in [0.25, 0.3) is 0 Å². The number of benzene rings is 1. The van der Waals surface area contributed by atoms with Crippen molar-refractivity contribution in [1.82, 2.24) is 0 Å². The molecule has 1 aromatic rings. The molecular weight excluding hydrogens is 257 g/mol. The van der Waals surface area contributed by atoms with Crippen molar-refractivity contribution in [3.8, 4) is 0 Å². The number of hydrogen-bond acceptors (Lipinski definition) is 3. The largest absolute Gasteiger partial charge is 0.418 e. The summed E-state index contributed by atoms with van der Waals surface area (Å²) in [5.41, 5.74) is 4.69. The summed E-state index contributed by atoms with van der Waals surface area (Å²) in [4.78, 5) is 0. The molecule has 106 valence electrons. The Labute approximate surface area is 109 Å². The van der Waals surface area contributed by atoms with Crippen LogP contribution in [0.3, 0.4) is 0 Å². The number of nitrogen functional groups attached to an aromatic ring is 1. The van der Waals surface area contributed by atoms with Gasteiger partial charge in [0.2, 0.25) is 0 Å². The predicted octanol–water partition coefficient (Wildman–Crippen LogP) is 3.27. The van der Waals surface area contributed by atoms with Gasteiger partial charge in [0.15, 0.2) is 0 Å². The SMILES string of the molecule is Nc1ccc(NCC2CCCCO2)cc1C(F)(F)F. The lowest BCUT2D eigenvalue weighted by molar-refractivity contribution is -0.136. The smallest absolute Gasteiger partial charge is 0.398 e. The molecule has 3 nitrogen and oxygen atoms in total. The van der Waals surface area contributed by atoms with Crippen molar-refractivity contribution in [2.24, 2.45) is 0 Å². The Morgan fingerprint density at radius 3 is 2.74 bits per heavy atom. The second-order valence-electron chi connectivity index (χ2n) is 4.67. The molecule has 0 saturated carbocycles. The van der Waals surface area contributed by atoms with Crippen LogP contribution in [0.2, 0.25) is 0 Å². The van der Waals surface area contributed by atoms with Crippen LogP contribution in [0.15, 0.2) is 18.2 Å². The molecule has 1 saturated heterocycles. The molecule has 0 aromatic heterocycles. The van der Waals surface area contributed by atoms with Gasteiger partial charge in [-0.2, -0.15) is 13.2 Å². The van der Waals surface area contributed by atoms with Gasteiger partial charge < -0.3 is 15.8 Å². The minimum absolute atomic E-state index is 0.0700. The van der Waals surface area contributed by atoms with Crippen LogP contribution in [0.4, 0.5) is 24.5 Å². The van der Waals surface area contributed by atoms with Crippen LogP contribution in [0.5, 0.6) is 0 Å². The molecule has 2 rings (SSSR count). The molecule has 0 bridgehead atoms. The second kappa shape index (κ2) is 5.69. The maximum Gasteiger partial charge on any atom is 0.418 e. The third-order valence-electron chi connectivity index (χ3n) is 3.17. The highest BCUT2D eigenvalue weighted by Crippen LogP contribution is 2.35. The average Bonchev–Trinajstić information content (AvgIpc) is 2.37. The van der Waals surface area contributed by atoms with Crippen LogP contribution >= 0.6 is 0 Å². The molecule has 0 radical (unpaired) electrons. The Morgan fingerprint density at radius 1 is 1.32 bits per heavy atom. The van der Waals surface area contributed by atoms with Crippen LogP contribution in [-0.4, -0.2) is 19.3 Å². The average molecular weight is 274 g/mol. The van der Waals surface area contributed by atoms with Gasteiger partial charge in [-0.25, -0.2) is 0 Å². The van der Waals surface area contributed by atoms with E-state index in [1.165, 1.54) is 6.07 Å². The number of nitrogens with one attached hydrogen (secondary N) is 1. The number of ether oxygens (including phenoxy) is 1. The number of alkyl halides is 3. The van der Waals surface area contributed by atoms with Crippen molar-refractivity contribution in [3.05, 3.63) is 23.8 Å². The van der Waals surface area contributed by atoms with E-state index < -0.39 is 11.7 Å². The molecule has 1 aliphatic rings. The Hall–Kier alpha value is -1.43. The minimum Gasteiger partial charge on any atom is -0.398 e. The molecule has 1 aliphatic heterocycles. The Kier molecular flexibility index (Phi) is 4.19. The van der Waals surface area contributed by atoms with E-state index in [2.05, 4.69) is 5.32 Å². The van der Waals surface area contributed by atoms with Crippen molar-refractivity contribution < 1.29 is 17.9 Å². The van der Waals surface area contributed by atoms with Crippen molar-refractivity contribution in [2.75, 3.05) is 24.2 Å². The van der Waals surface area contributed by atoms with Gasteiger partial charge in [-0.1, -0.05) is 0 Å². The molecular formula is C13H17F3N2O. The van der Waals surface area contributed by atoms with E-state index in [1.54, 1.807) is 6.07 Å². The number of hydrogen-bond donors (Lipinski definition) is 2. The second-order valence-corrected chi connectivity index (χ2v) is 4.67. The van der Waals surface area contributed by atoms with Crippen LogP contribution in [0.25, 0.3) is 0 Å². The fourth-order valence-electron chi connectivity index (χ4n) is 2.11. The molecule has 0 aliphatic carbocycles. The van der Waals surface area contributed by atoms with Crippen molar-refractivity contribution in [1.29, 1.82) is 0 Å². The Bertz CT molecular complexity index is 428. The van der Waals surface area contributed by atoms with Crippen LogP contribution < -0.4 is 11.1 Å². The third kappa shape index (κ3) is 3.76. The molecule has 0 amide bonds. The quantitative estimate of drug-likeness (QED) is 0.832. The minimum atomic E-state index is -4.43. The molecule has 19 heavy (non-hydrogen) atoms. The summed E-state index contributed by atoms with van der Waals surface area (Å²) in [7, 11) is 0. The van der Waals surface area contributed by atoms with Crippen molar-refractivity contribution in [3.63, 3.8) is 0 Å². The zero-order valence-electron chi connectivity index (χ0n) is 10.5. The highest BCUT2D eigenvalue weighted by atomic mass is 19.4. The van der Waals surface area contributed by atoms with Gasteiger partial charge in [0.05, 0.1) is 11.7 Å². The van der Waals surface area contributed by atoms with Gasteiger partial charge >= 0.3 is 6.18 Å². The number of halogens is 3. The zero-order valence-corrected chi connectivity index (χ0v) is 10.5. The van der Waals surface area contributed by atoms with Gasteiger partial charge in [-0.05, 0) is 37.5 Å². The van der Waals surface area contributed by atoms with Crippen LogP contribution in [0.1, 0.15) is 24.8 Å². The summed E-state index contributed by atoms with van der Waals surface area (Å²) in [5.74, 6) is 0. The van der Waals surface area contributed by atoms with Crippen molar-refractivity contribution in [2.45, 2.75) is 31.5 Å².